The van der Waals surface area contributed by atoms with Gasteiger partial charge in [-0.05, 0) is 0 Å². The van der Waals surface area contributed by atoms with Gasteiger partial charge in [0.25, 0.3) is 0 Å². The van der Waals surface area contributed by atoms with Crippen LogP contribution in [0.4, 0.5) is 0 Å². The first-order chi connectivity index (χ1) is 4.38. The first-order valence-electron chi connectivity index (χ1n) is 2.42. The quantitative estimate of drug-likeness (QED) is 0.543. The van der Waals surface area contributed by atoms with E-state index in [1.807, 2.05) is 6.92 Å². The molecule has 0 radical (unpaired) electrons. The second-order valence-electron chi connectivity index (χ2n) is 1.66. The average Bonchev–Trinajstić information content (AvgIpc) is 2.35. The monoisotopic (exact) mass is 242 g/mol. The third-order valence-electron chi connectivity index (χ3n) is 1.06. The summed E-state index contributed by atoms with van der Waals surface area (Å²) >= 11 is -1.89. The van der Waals surface area contributed by atoms with Crippen molar-refractivity contribution < 1.29 is 6.40 Å². The van der Waals surface area contributed by atoms with Crippen molar-refractivity contribution in [2.75, 3.05) is 0 Å². The van der Waals surface area contributed by atoms with Crippen LogP contribution in [0.5, 0.6) is 0 Å². The van der Waals surface area contributed by atoms with E-state index in [2.05, 4.69) is 10.3 Å². The summed E-state index contributed by atoms with van der Waals surface area (Å²) in [5, 5.41) is 7.39. The molecule has 2 heterocycles. The number of rotatable bonds is 0. The Bertz CT molecular complexity index is 243. The summed E-state index contributed by atoms with van der Waals surface area (Å²) in [5.41, 5.74) is 0.924. The van der Waals surface area contributed by atoms with Crippen molar-refractivity contribution in [3.63, 3.8) is 0 Å². The van der Waals surface area contributed by atoms with E-state index in [0.717, 1.165) is 9.26 Å². The summed E-state index contributed by atoms with van der Waals surface area (Å²) < 4.78 is 11.0. The molecule has 2 aliphatic rings. The molecule has 9 heavy (non-hydrogen) atoms. The average molecular weight is 240 g/mol. The van der Waals surface area contributed by atoms with Crippen molar-refractivity contribution >= 4 is 35.4 Å². The van der Waals surface area contributed by atoms with Gasteiger partial charge in [0.2, 0.25) is 0 Å². The first-order valence-corrected chi connectivity index (χ1v) is 5.49. The fourth-order valence-electron chi connectivity index (χ4n) is 0.594. The predicted octanol–water partition coefficient (Wildman–Crippen LogP) is -0.349. The van der Waals surface area contributed by atoms with Crippen molar-refractivity contribution in [1.82, 2.24) is 0 Å². The minimum absolute atomic E-state index is 0.924. The Balaban J connectivity index is 2.44. The van der Waals surface area contributed by atoms with Crippen molar-refractivity contribution in [1.29, 1.82) is 0 Å². The molecule has 48 valence electrons. The number of nitrogens with zero attached hydrogens (tertiary/aromatic N) is 2. The van der Waals surface area contributed by atoms with Crippen LogP contribution in [-0.2, 0) is 6.40 Å². The molecule has 0 aromatic rings. The summed E-state index contributed by atoms with van der Waals surface area (Å²) in [5.74, 6) is 0. The Hall–Kier alpha value is -0.400. The van der Waals surface area contributed by atoms with Gasteiger partial charge in [-0.25, -0.2) is 0 Å². The molecule has 0 atom stereocenters. The summed E-state index contributed by atoms with van der Waals surface area (Å²) in [7, 11) is 0. The summed E-state index contributed by atoms with van der Waals surface area (Å²) in [6.07, 6.45) is 1.70. The van der Waals surface area contributed by atoms with E-state index in [1.54, 1.807) is 6.21 Å². The van der Waals surface area contributed by atoms with Crippen LogP contribution in [0.1, 0.15) is 6.92 Å². The Morgan fingerprint density at radius 1 is 1.56 bits per heavy atom. The maximum atomic E-state index is 4.96. The van der Waals surface area contributed by atoms with E-state index in [-0.39, 0.29) is 0 Å². The predicted molar refractivity (Wildman–Crippen MR) is 34.5 cm³/mol. The molecule has 4 nitrogen and oxygen atoms in total. The van der Waals surface area contributed by atoms with Crippen LogP contribution < -0.4 is 0 Å². The fourth-order valence-corrected chi connectivity index (χ4v) is 3.15. The molecule has 0 aromatic carbocycles. The number of hydrogen-bond donors (Lipinski definition) is 0. The van der Waals surface area contributed by atoms with Gasteiger partial charge in [0.1, 0.15) is 0 Å². The van der Waals surface area contributed by atoms with Gasteiger partial charge in [-0.2, -0.15) is 0 Å². The zero-order chi connectivity index (χ0) is 6.27. The van der Waals surface area contributed by atoms with Gasteiger partial charge in [-0.1, -0.05) is 0 Å². The van der Waals surface area contributed by atoms with Crippen molar-refractivity contribution in [3.8, 4) is 0 Å². The second-order valence-corrected chi connectivity index (χ2v) is 5.11. The zero-order valence-electron chi connectivity index (χ0n) is 4.70. The third-order valence-corrected chi connectivity index (χ3v) is 4.46. The van der Waals surface area contributed by atoms with Gasteiger partial charge in [0, 0.05) is 0 Å². The number of oxime groups is 2. The van der Waals surface area contributed by atoms with E-state index in [9.17, 15) is 0 Å². The Kier molecular flexibility index (Phi) is 1.07. The normalized spacial score (nSPS) is 23.2. The van der Waals surface area contributed by atoms with Crippen molar-refractivity contribution in [2.24, 2.45) is 10.3 Å². The Labute approximate surface area is 59.3 Å². The van der Waals surface area contributed by atoms with Gasteiger partial charge >= 0.3 is 59.0 Å². The van der Waals surface area contributed by atoms with E-state index in [4.69, 9.17) is 6.40 Å². The Morgan fingerprint density at radius 2 is 2.44 bits per heavy atom. The van der Waals surface area contributed by atoms with Crippen LogP contribution in [-0.4, -0.2) is 35.4 Å². The standard InChI is InChI=1S/C4H4N2O2Te/c1-3-4-2-5-7-9(4)8-6-3/h2H,1H3. The second kappa shape index (κ2) is 1.79. The molecular formula is C4H4N2O2Te. The van der Waals surface area contributed by atoms with Crippen molar-refractivity contribution in [2.45, 2.75) is 6.92 Å². The molecule has 0 aromatic heterocycles. The van der Waals surface area contributed by atoms with Crippen LogP contribution in [0.2, 0.25) is 0 Å². The Morgan fingerprint density at radius 3 is 3.22 bits per heavy atom. The zero-order valence-corrected chi connectivity index (χ0v) is 7.03. The molecule has 0 spiro atoms. The molecule has 0 bridgehead atoms. The van der Waals surface area contributed by atoms with E-state index < -0.39 is 19.9 Å². The van der Waals surface area contributed by atoms with E-state index in [1.165, 1.54) is 0 Å². The topological polar surface area (TPSA) is 43.2 Å². The molecule has 0 saturated heterocycles. The fraction of sp³-hybridized carbons (Fsp3) is 0.250. The molecule has 0 N–H and O–H groups in total. The minimum atomic E-state index is -1.89. The molecule has 0 amide bonds. The van der Waals surface area contributed by atoms with Gasteiger partial charge in [0.15, 0.2) is 0 Å². The summed E-state index contributed by atoms with van der Waals surface area (Å²) in [4.78, 5) is 0. The molecule has 0 saturated carbocycles. The first kappa shape index (κ1) is 5.39. The van der Waals surface area contributed by atoms with Crippen LogP contribution >= 0.6 is 0 Å². The molecule has 0 aliphatic carbocycles. The van der Waals surface area contributed by atoms with Crippen LogP contribution in [0.25, 0.3) is 0 Å². The van der Waals surface area contributed by atoms with E-state index in [0.29, 0.717) is 0 Å². The van der Waals surface area contributed by atoms with Gasteiger partial charge in [-0.15, -0.1) is 0 Å². The van der Waals surface area contributed by atoms with E-state index >= 15 is 0 Å². The molecule has 0 unspecified atom stereocenters. The van der Waals surface area contributed by atoms with Gasteiger partial charge < -0.3 is 0 Å². The molecule has 2 rings (SSSR count). The summed E-state index contributed by atoms with van der Waals surface area (Å²) in [6, 6.07) is 0. The van der Waals surface area contributed by atoms with Crippen molar-refractivity contribution in [3.05, 3.63) is 0 Å². The van der Waals surface area contributed by atoms with Crippen LogP contribution in [0.15, 0.2) is 10.3 Å². The molecular weight excluding hydrogens is 236 g/mol. The SMILES string of the molecule is CC1=NO[Te]2=C1C=NO2. The van der Waals surface area contributed by atoms with Crippen LogP contribution in [0, 0.1) is 0 Å². The van der Waals surface area contributed by atoms with Crippen LogP contribution in [0.3, 0.4) is 0 Å². The number of hydrogen-bond acceptors (Lipinski definition) is 4. The third kappa shape index (κ3) is 0.689. The van der Waals surface area contributed by atoms with Gasteiger partial charge in [0.05, 0.1) is 0 Å². The van der Waals surface area contributed by atoms with Gasteiger partial charge in [-0.3, -0.25) is 0 Å². The molecule has 2 aliphatic heterocycles. The maximum absolute atomic E-state index is 4.96. The molecule has 5 heteroatoms. The molecule has 0 fully saturated rings. The summed E-state index contributed by atoms with van der Waals surface area (Å²) in [6.45, 7) is 1.90.